The van der Waals surface area contributed by atoms with Crippen molar-refractivity contribution in [2.24, 2.45) is 5.73 Å². The summed E-state index contributed by atoms with van der Waals surface area (Å²) in [4.78, 5) is 16.7. The zero-order valence-corrected chi connectivity index (χ0v) is 16.6. The summed E-state index contributed by atoms with van der Waals surface area (Å²) < 4.78 is 0. The lowest BCUT2D eigenvalue weighted by Gasteiger charge is -2.16. The van der Waals surface area contributed by atoms with Crippen molar-refractivity contribution >= 4 is 28.2 Å². The van der Waals surface area contributed by atoms with E-state index in [1.54, 1.807) is 6.20 Å². The second kappa shape index (κ2) is 7.76. The Morgan fingerprint density at radius 1 is 0.966 bits per heavy atom. The predicted octanol–water partition coefficient (Wildman–Crippen LogP) is 5.28. The first-order chi connectivity index (χ1) is 14.0. The first-order valence-electron chi connectivity index (χ1n) is 9.61. The van der Waals surface area contributed by atoms with Gasteiger partial charge in [-0.05, 0) is 60.7 Å². The molecule has 3 N–H and O–H groups in total. The van der Waals surface area contributed by atoms with Gasteiger partial charge in [0.15, 0.2) is 0 Å². The second-order valence-corrected chi connectivity index (χ2v) is 7.38. The molecule has 4 aromatic rings. The maximum Gasteiger partial charge on any atom is 0.252 e. The molecule has 3 aromatic carbocycles. The third kappa shape index (κ3) is 3.97. The Morgan fingerprint density at radius 3 is 2.48 bits per heavy atom. The van der Waals surface area contributed by atoms with Gasteiger partial charge in [-0.15, -0.1) is 0 Å². The normalized spacial score (nSPS) is 10.8. The van der Waals surface area contributed by atoms with Crippen molar-refractivity contribution in [2.45, 2.75) is 20.3 Å². The van der Waals surface area contributed by atoms with E-state index in [9.17, 15) is 4.79 Å². The number of nitrogens with one attached hydrogen (secondary N) is 1. The van der Waals surface area contributed by atoms with Gasteiger partial charge in [-0.25, -0.2) is 0 Å². The van der Waals surface area contributed by atoms with Crippen LogP contribution in [0, 0.1) is 13.8 Å². The fourth-order valence-electron chi connectivity index (χ4n) is 3.68. The molecule has 0 saturated heterocycles. The molecule has 0 aliphatic rings. The number of amides is 1. The number of nitrogens with two attached hydrogens (primary N) is 1. The van der Waals surface area contributed by atoms with Crippen LogP contribution in [0.1, 0.15) is 32.6 Å². The van der Waals surface area contributed by atoms with Gasteiger partial charge in [-0.2, -0.15) is 0 Å². The zero-order chi connectivity index (χ0) is 20.4. The number of carbonyl (C=O) groups is 1. The lowest BCUT2D eigenvalue weighted by atomic mass is 9.98. The molecule has 0 atom stereocenters. The number of fused-ring (bicyclic) bond motifs is 1. The molecule has 144 valence electrons. The minimum absolute atomic E-state index is 0.385. The van der Waals surface area contributed by atoms with Crippen molar-refractivity contribution in [2.75, 3.05) is 5.32 Å². The van der Waals surface area contributed by atoms with E-state index in [1.165, 1.54) is 5.56 Å². The fourth-order valence-corrected chi connectivity index (χ4v) is 3.68. The van der Waals surface area contributed by atoms with Crippen LogP contribution in [0.25, 0.3) is 10.9 Å². The second-order valence-electron chi connectivity index (χ2n) is 7.38. The van der Waals surface area contributed by atoms with Crippen LogP contribution in [-0.4, -0.2) is 10.9 Å². The van der Waals surface area contributed by atoms with Crippen LogP contribution in [0.3, 0.4) is 0 Å². The highest BCUT2D eigenvalue weighted by Gasteiger charge is 2.16. The molecular formula is C25H23N3O. The highest BCUT2D eigenvalue weighted by atomic mass is 16.1. The molecule has 1 heterocycles. The standard InChI is InChI=1S/C25H23N3O/c1-16-7-6-10-20(11-16)28-24-21-14-19(13-18-8-4-3-5-9-18)12-17(2)23(21)27-15-22(24)25(26)29/h3-12,14-15H,13H2,1-2H3,(H2,26,29)(H,27,28). The number of rotatable bonds is 5. The SMILES string of the molecule is Cc1cccc(Nc2c(C(N)=O)cnc3c(C)cc(Cc4ccccc4)cc23)c1. The van der Waals surface area contributed by atoms with Gasteiger partial charge in [0.1, 0.15) is 0 Å². The first-order valence-corrected chi connectivity index (χ1v) is 9.61. The molecule has 1 amide bonds. The summed E-state index contributed by atoms with van der Waals surface area (Å²) in [6.07, 6.45) is 2.37. The molecule has 0 unspecified atom stereocenters. The topological polar surface area (TPSA) is 68.0 Å². The van der Waals surface area contributed by atoms with E-state index in [0.29, 0.717) is 11.3 Å². The number of carbonyl (C=O) groups excluding carboxylic acids is 1. The van der Waals surface area contributed by atoms with Gasteiger partial charge in [-0.1, -0.05) is 48.5 Å². The molecule has 1 aromatic heterocycles. The smallest absolute Gasteiger partial charge is 0.252 e. The largest absolute Gasteiger partial charge is 0.365 e. The van der Waals surface area contributed by atoms with E-state index in [1.807, 2.05) is 56.3 Å². The lowest BCUT2D eigenvalue weighted by Crippen LogP contribution is -2.14. The molecule has 0 spiro atoms. The number of hydrogen-bond donors (Lipinski definition) is 2. The highest BCUT2D eigenvalue weighted by molar-refractivity contribution is 6.08. The molecule has 4 heteroatoms. The lowest BCUT2D eigenvalue weighted by molar-refractivity contribution is 0.100. The minimum Gasteiger partial charge on any atom is -0.365 e. The van der Waals surface area contributed by atoms with Gasteiger partial charge in [-0.3, -0.25) is 9.78 Å². The van der Waals surface area contributed by atoms with Crippen LogP contribution in [-0.2, 0) is 6.42 Å². The Bertz CT molecular complexity index is 1200. The van der Waals surface area contributed by atoms with Crippen molar-refractivity contribution in [3.63, 3.8) is 0 Å². The molecule has 0 fully saturated rings. The molecular weight excluding hydrogens is 358 g/mol. The van der Waals surface area contributed by atoms with Gasteiger partial charge >= 0.3 is 0 Å². The summed E-state index contributed by atoms with van der Waals surface area (Å²) in [6.45, 7) is 4.08. The van der Waals surface area contributed by atoms with Gasteiger partial charge in [0.25, 0.3) is 5.91 Å². The van der Waals surface area contributed by atoms with E-state index in [2.05, 4.69) is 34.6 Å². The average molecular weight is 381 g/mol. The molecule has 0 bridgehead atoms. The van der Waals surface area contributed by atoms with Crippen LogP contribution in [0.5, 0.6) is 0 Å². The number of nitrogens with zero attached hydrogens (tertiary/aromatic N) is 1. The monoisotopic (exact) mass is 381 g/mol. The number of pyridine rings is 1. The Morgan fingerprint density at radius 2 is 1.76 bits per heavy atom. The molecule has 0 aliphatic heterocycles. The summed E-state index contributed by atoms with van der Waals surface area (Å²) >= 11 is 0. The van der Waals surface area contributed by atoms with Gasteiger partial charge < -0.3 is 11.1 Å². The Labute approximate surface area is 170 Å². The summed E-state index contributed by atoms with van der Waals surface area (Å²) in [6, 6.07) is 22.6. The first kappa shape index (κ1) is 18.7. The third-order valence-corrected chi connectivity index (χ3v) is 5.03. The summed E-state index contributed by atoms with van der Waals surface area (Å²) in [5.41, 5.74) is 13.1. The Hall–Kier alpha value is -3.66. The molecule has 0 aliphatic carbocycles. The number of primary amides is 1. The molecule has 29 heavy (non-hydrogen) atoms. The molecule has 4 rings (SSSR count). The number of aryl methyl sites for hydroxylation is 2. The molecule has 0 radical (unpaired) electrons. The van der Waals surface area contributed by atoms with Crippen LogP contribution < -0.4 is 11.1 Å². The van der Waals surface area contributed by atoms with E-state index in [4.69, 9.17) is 5.73 Å². The van der Waals surface area contributed by atoms with Crippen LogP contribution >= 0.6 is 0 Å². The zero-order valence-electron chi connectivity index (χ0n) is 16.6. The van der Waals surface area contributed by atoms with Gasteiger partial charge in [0.2, 0.25) is 0 Å². The van der Waals surface area contributed by atoms with Crippen molar-refractivity contribution < 1.29 is 4.79 Å². The predicted molar refractivity (Wildman–Crippen MR) is 119 cm³/mol. The van der Waals surface area contributed by atoms with Crippen molar-refractivity contribution in [1.82, 2.24) is 4.98 Å². The van der Waals surface area contributed by atoms with Gasteiger partial charge in [0, 0.05) is 17.3 Å². The third-order valence-electron chi connectivity index (χ3n) is 5.03. The van der Waals surface area contributed by atoms with Crippen molar-refractivity contribution in [1.29, 1.82) is 0 Å². The number of anilines is 2. The molecule has 0 saturated carbocycles. The Kier molecular flexibility index (Phi) is 5.00. The Balaban J connectivity index is 1.88. The minimum atomic E-state index is -0.499. The van der Waals surface area contributed by atoms with Crippen molar-refractivity contribution in [3.05, 3.63) is 101 Å². The summed E-state index contributed by atoms with van der Waals surface area (Å²) in [7, 11) is 0. The average Bonchev–Trinajstić information content (AvgIpc) is 2.69. The van der Waals surface area contributed by atoms with E-state index < -0.39 is 5.91 Å². The van der Waals surface area contributed by atoms with Crippen LogP contribution in [0.15, 0.2) is 72.9 Å². The number of aromatic nitrogens is 1. The van der Waals surface area contributed by atoms with Crippen LogP contribution in [0.4, 0.5) is 11.4 Å². The van der Waals surface area contributed by atoms with Crippen molar-refractivity contribution in [3.8, 4) is 0 Å². The van der Waals surface area contributed by atoms with E-state index >= 15 is 0 Å². The number of hydrogen-bond acceptors (Lipinski definition) is 3. The summed E-state index contributed by atoms with van der Waals surface area (Å²) in [5.74, 6) is -0.499. The summed E-state index contributed by atoms with van der Waals surface area (Å²) in [5, 5.41) is 4.31. The maximum absolute atomic E-state index is 12.1. The van der Waals surface area contributed by atoms with E-state index in [0.717, 1.165) is 39.7 Å². The fraction of sp³-hybridized carbons (Fsp3) is 0.120. The molecule has 4 nitrogen and oxygen atoms in total. The van der Waals surface area contributed by atoms with E-state index in [-0.39, 0.29) is 0 Å². The highest BCUT2D eigenvalue weighted by Crippen LogP contribution is 2.32. The maximum atomic E-state index is 12.1. The van der Waals surface area contributed by atoms with Gasteiger partial charge in [0.05, 0.1) is 16.8 Å². The number of benzene rings is 3. The quantitative estimate of drug-likeness (QED) is 0.494. The van der Waals surface area contributed by atoms with Crippen LogP contribution in [0.2, 0.25) is 0 Å².